The van der Waals surface area contributed by atoms with Crippen LogP contribution in [0.25, 0.3) is 5.65 Å². The average Bonchev–Trinajstić information content (AvgIpc) is 3.17. The number of hydrogen-bond acceptors (Lipinski definition) is 5. The minimum Gasteiger partial charge on any atom is -0.339 e. The molecule has 3 aromatic heterocycles. The van der Waals surface area contributed by atoms with E-state index in [4.69, 9.17) is 0 Å². The van der Waals surface area contributed by atoms with E-state index in [1.54, 1.807) is 18.0 Å². The number of aromatic nitrogens is 4. The van der Waals surface area contributed by atoms with Crippen LogP contribution in [0.15, 0.2) is 35.4 Å². The number of hydrogen-bond donors (Lipinski definition) is 0. The lowest BCUT2D eigenvalue weighted by molar-refractivity contribution is -0.142. The molecule has 0 bridgehead atoms. The fraction of sp³-hybridized carbons (Fsp3) is 0.381. The van der Waals surface area contributed by atoms with E-state index in [0.717, 1.165) is 12.3 Å². The molecule has 1 amide bonds. The lowest BCUT2D eigenvalue weighted by atomic mass is 9.89. The number of likely N-dealkylation sites (tertiary alicyclic amines) is 1. The van der Waals surface area contributed by atoms with E-state index in [9.17, 15) is 27.6 Å². The maximum atomic E-state index is 13.3. The molecule has 0 radical (unpaired) electrons. The lowest BCUT2D eigenvalue weighted by Crippen LogP contribution is -2.40. The van der Waals surface area contributed by atoms with Crippen LogP contribution in [0, 0.1) is 12.8 Å². The molecular weight excluding hydrogens is 427 g/mol. The van der Waals surface area contributed by atoms with Gasteiger partial charge in [-0.05, 0) is 31.9 Å². The van der Waals surface area contributed by atoms with Crippen molar-refractivity contribution in [3.63, 3.8) is 0 Å². The van der Waals surface area contributed by atoms with Crippen molar-refractivity contribution in [2.75, 3.05) is 13.1 Å². The van der Waals surface area contributed by atoms with Crippen molar-refractivity contribution >= 4 is 17.3 Å². The highest BCUT2D eigenvalue weighted by molar-refractivity contribution is 6.03. The number of rotatable bonds is 3. The summed E-state index contributed by atoms with van der Waals surface area (Å²) >= 11 is 0. The van der Waals surface area contributed by atoms with Gasteiger partial charge in [0.05, 0.1) is 11.8 Å². The normalized spacial score (nSPS) is 15.3. The molecule has 1 saturated heterocycles. The van der Waals surface area contributed by atoms with Gasteiger partial charge in [-0.1, -0.05) is 0 Å². The molecule has 0 unspecified atom stereocenters. The molecule has 3 aromatic rings. The van der Waals surface area contributed by atoms with Gasteiger partial charge in [0, 0.05) is 49.6 Å². The number of piperidine rings is 1. The van der Waals surface area contributed by atoms with Gasteiger partial charge in [-0.25, -0.2) is 9.50 Å². The number of nitrogens with zero attached hydrogens (tertiary/aromatic N) is 5. The molecule has 4 heterocycles. The fourth-order valence-electron chi connectivity index (χ4n) is 3.89. The number of halogens is 3. The first-order valence-corrected chi connectivity index (χ1v) is 9.99. The van der Waals surface area contributed by atoms with Crippen molar-refractivity contribution in [1.29, 1.82) is 0 Å². The summed E-state index contributed by atoms with van der Waals surface area (Å²) < 4.78 is 42.0. The van der Waals surface area contributed by atoms with E-state index in [1.165, 1.54) is 23.8 Å². The van der Waals surface area contributed by atoms with Gasteiger partial charge in [0.15, 0.2) is 11.4 Å². The number of amides is 1. The number of Topliss-reactive ketones (excluding diaryl/α,β-unsaturated/α-hetero) is 1. The maximum Gasteiger partial charge on any atom is 0.433 e. The molecule has 4 rings (SSSR count). The van der Waals surface area contributed by atoms with Crippen LogP contribution in [-0.4, -0.2) is 48.8 Å². The van der Waals surface area contributed by atoms with Gasteiger partial charge in [0.25, 0.3) is 11.5 Å². The first-order valence-electron chi connectivity index (χ1n) is 9.99. The first kappa shape index (κ1) is 21.7. The molecule has 0 aromatic carbocycles. The first-order chi connectivity index (χ1) is 15.1. The molecule has 0 saturated carbocycles. The largest absolute Gasteiger partial charge is 0.433 e. The number of ketones is 1. The highest BCUT2D eigenvalue weighted by Crippen LogP contribution is 2.31. The third kappa shape index (κ3) is 3.90. The van der Waals surface area contributed by atoms with Gasteiger partial charge >= 0.3 is 6.18 Å². The van der Waals surface area contributed by atoms with Crippen LogP contribution in [0.1, 0.15) is 44.9 Å². The van der Waals surface area contributed by atoms with Crippen LogP contribution >= 0.6 is 0 Å². The van der Waals surface area contributed by atoms with Crippen LogP contribution in [0.4, 0.5) is 13.2 Å². The number of alkyl halides is 3. The summed E-state index contributed by atoms with van der Waals surface area (Å²) in [6.45, 7) is 2.02. The maximum absolute atomic E-state index is 13.3. The highest BCUT2D eigenvalue weighted by atomic mass is 19.4. The minimum atomic E-state index is -4.64. The zero-order valence-corrected chi connectivity index (χ0v) is 17.4. The molecule has 0 N–H and O–H groups in total. The second-order valence-corrected chi connectivity index (χ2v) is 7.87. The Morgan fingerprint density at radius 2 is 1.84 bits per heavy atom. The van der Waals surface area contributed by atoms with Gasteiger partial charge in [0.1, 0.15) is 5.69 Å². The van der Waals surface area contributed by atoms with Crippen LogP contribution < -0.4 is 5.56 Å². The second-order valence-electron chi connectivity index (χ2n) is 7.87. The third-order valence-corrected chi connectivity index (χ3v) is 5.66. The van der Waals surface area contributed by atoms with E-state index in [2.05, 4.69) is 10.1 Å². The van der Waals surface area contributed by atoms with E-state index in [1.807, 2.05) is 0 Å². The summed E-state index contributed by atoms with van der Waals surface area (Å²) in [6, 6.07) is 3.71. The Balaban J connectivity index is 1.52. The number of fused-ring (bicyclic) bond motifs is 1. The fourth-order valence-corrected chi connectivity index (χ4v) is 3.89. The van der Waals surface area contributed by atoms with Crippen molar-refractivity contribution in [3.8, 4) is 0 Å². The predicted molar refractivity (Wildman–Crippen MR) is 107 cm³/mol. The summed E-state index contributed by atoms with van der Waals surface area (Å²) in [4.78, 5) is 43.2. The molecule has 8 nitrogen and oxygen atoms in total. The molecule has 1 aliphatic heterocycles. The Morgan fingerprint density at radius 3 is 2.47 bits per heavy atom. The molecule has 0 spiro atoms. The smallest absolute Gasteiger partial charge is 0.339 e. The van der Waals surface area contributed by atoms with Crippen molar-refractivity contribution in [2.45, 2.75) is 25.9 Å². The van der Waals surface area contributed by atoms with Gasteiger partial charge in [-0.3, -0.25) is 14.4 Å². The van der Waals surface area contributed by atoms with Crippen LogP contribution in [0.2, 0.25) is 0 Å². The molecule has 32 heavy (non-hydrogen) atoms. The van der Waals surface area contributed by atoms with E-state index < -0.39 is 17.8 Å². The molecular formula is C21H20F3N5O3. The quantitative estimate of drug-likeness (QED) is 0.576. The van der Waals surface area contributed by atoms with E-state index >= 15 is 0 Å². The third-order valence-electron chi connectivity index (χ3n) is 5.66. The molecule has 11 heteroatoms. The number of pyridine rings is 1. The van der Waals surface area contributed by atoms with Crippen molar-refractivity contribution in [2.24, 2.45) is 13.0 Å². The predicted octanol–water partition coefficient (Wildman–Crippen LogP) is 2.49. The van der Waals surface area contributed by atoms with Crippen molar-refractivity contribution in [1.82, 2.24) is 24.1 Å². The Hall–Kier alpha value is -3.50. The lowest BCUT2D eigenvalue weighted by Gasteiger charge is -2.31. The molecule has 0 atom stereocenters. The van der Waals surface area contributed by atoms with Gasteiger partial charge in [-0.15, -0.1) is 0 Å². The van der Waals surface area contributed by atoms with Crippen LogP contribution in [-0.2, 0) is 13.2 Å². The summed E-state index contributed by atoms with van der Waals surface area (Å²) in [7, 11) is 1.59. The molecule has 1 fully saturated rings. The summed E-state index contributed by atoms with van der Waals surface area (Å²) in [5, 5.41) is 3.76. The average molecular weight is 447 g/mol. The summed E-state index contributed by atoms with van der Waals surface area (Å²) in [5.41, 5.74) is -0.964. The standard InChI is InChI=1S/C21H20F3N5O3/c1-12-9-16(21(22,23)24)29-19(26-12)15(11-25-29)18(31)13-4-7-28(8-5-13)20(32)14-3-6-27(2)17(30)10-14/h3,6,9-11,13H,4-5,7-8H2,1-2H3. The number of carbonyl (C=O) groups excluding carboxylic acids is 2. The highest BCUT2D eigenvalue weighted by Gasteiger charge is 2.36. The number of aryl methyl sites for hydroxylation is 2. The molecule has 0 aliphatic carbocycles. The van der Waals surface area contributed by atoms with Gasteiger partial charge in [0.2, 0.25) is 0 Å². The molecule has 1 aliphatic rings. The Bertz CT molecular complexity index is 1270. The van der Waals surface area contributed by atoms with E-state index in [0.29, 0.717) is 30.4 Å². The Labute approximate surface area is 180 Å². The summed E-state index contributed by atoms with van der Waals surface area (Å²) in [6.07, 6.45) is -1.30. The van der Waals surface area contributed by atoms with Gasteiger partial charge in [-0.2, -0.15) is 18.3 Å². The topological polar surface area (TPSA) is 89.6 Å². The summed E-state index contributed by atoms with van der Waals surface area (Å²) in [5.74, 6) is -1.10. The Morgan fingerprint density at radius 1 is 1.16 bits per heavy atom. The second kappa shape index (κ2) is 7.88. The molecule has 168 valence electrons. The van der Waals surface area contributed by atoms with Crippen LogP contribution in [0.3, 0.4) is 0 Å². The number of carbonyl (C=O) groups is 2. The zero-order valence-electron chi connectivity index (χ0n) is 17.4. The van der Waals surface area contributed by atoms with E-state index in [-0.39, 0.29) is 39.7 Å². The van der Waals surface area contributed by atoms with Crippen molar-refractivity contribution in [3.05, 3.63) is 63.5 Å². The Kier molecular flexibility index (Phi) is 5.35. The SMILES string of the molecule is Cc1cc(C(F)(F)F)n2ncc(C(=O)C3CCN(C(=O)c4ccn(C)c(=O)c4)CC3)c2n1. The minimum absolute atomic E-state index is 0.0375. The monoisotopic (exact) mass is 447 g/mol. The van der Waals surface area contributed by atoms with Crippen molar-refractivity contribution < 1.29 is 22.8 Å². The van der Waals surface area contributed by atoms with Gasteiger partial charge < -0.3 is 9.47 Å². The zero-order chi connectivity index (χ0) is 23.2. The van der Waals surface area contributed by atoms with Crippen LogP contribution in [0.5, 0.6) is 0 Å².